The van der Waals surface area contributed by atoms with Crippen LogP contribution in [0.4, 0.5) is 0 Å². The van der Waals surface area contributed by atoms with Crippen LogP contribution in [-0.4, -0.2) is 22.8 Å². The lowest BCUT2D eigenvalue weighted by atomic mass is 9.48. The summed E-state index contributed by atoms with van der Waals surface area (Å²) < 4.78 is 0. The highest BCUT2D eigenvalue weighted by molar-refractivity contribution is 7.99. The first-order valence-electron chi connectivity index (χ1n) is 13.2. The predicted octanol–water partition coefficient (Wildman–Crippen LogP) is 7.94. The lowest BCUT2D eigenvalue weighted by molar-refractivity contribution is -0.104. The van der Waals surface area contributed by atoms with E-state index in [1.165, 1.54) is 54.9 Å². The number of aromatic nitrogens is 1. The van der Waals surface area contributed by atoms with Gasteiger partial charge in [0.1, 0.15) is 6.29 Å². The van der Waals surface area contributed by atoms with E-state index in [9.17, 15) is 4.79 Å². The highest BCUT2D eigenvalue weighted by atomic mass is 32.2. The van der Waals surface area contributed by atoms with Gasteiger partial charge >= 0.3 is 0 Å². The van der Waals surface area contributed by atoms with Crippen molar-refractivity contribution in [3.05, 3.63) is 53.9 Å². The maximum atomic E-state index is 11.1. The van der Waals surface area contributed by atoms with Crippen LogP contribution in [0.2, 0.25) is 0 Å². The summed E-state index contributed by atoms with van der Waals surface area (Å²) in [7, 11) is 0. The zero-order valence-electron chi connectivity index (χ0n) is 21.6. The number of carbonyl (C=O) groups excluding carboxylic acids is 1. The second kappa shape index (κ2) is 11.9. The van der Waals surface area contributed by atoms with Gasteiger partial charge in [-0.1, -0.05) is 51.5 Å². The fourth-order valence-corrected chi connectivity index (χ4v) is 7.96. The number of aldehydes is 1. The predicted molar refractivity (Wildman–Crippen MR) is 143 cm³/mol. The topological polar surface area (TPSA) is 30.0 Å². The van der Waals surface area contributed by atoms with Crippen LogP contribution in [-0.2, 0) is 11.2 Å². The first-order valence-corrected chi connectivity index (χ1v) is 14.3. The molecule has 0 N–H and O–H groups in total. The van der Waals surface area contributed by atoms with Crippen LogP contribution in [0.3, 0.4) is 0 Å². The molecule has 33 heavy (non-hydrogen) atoms. The van der Waals surface area contributed by atoms with Gasteiger partial charge in [0.15, 0.2) is 0 Å². The molecule has 0 aliphatic heterocycles. The van der Waals surface area contributed by atoms with Gasteiger partial charge in [-0.3, -0.25) is 9.78 Å². The molecular formula is C30H45NOS. The summed E-state index contributed by atoms with van der Waals surface area (Å²) in [5.41, 5.74) is 3.25. The van der Waals surface area contributed by atoms with Crippen LogP contribution in [0.25, 0.3) is 0 Å². The molecule has 1 aromatic heterocycles. The Bertz CT molecular complexity index is 818. The van der Waals surface area contributed by atoms with Crippen LogP contribution in [0.15, 0.2) is 48.2 Å². The second-order valence-electron chi connectivity index (χ2n) is 10.8. The van der Waals surface area contributed by atoms with Crippen molar-refractivity contribution in [2.24, 2.45) is 34.5 Å². The summed E-state index contributed by atoms with van der Waals surface area (Å²) in [5, 5.41) is 0. The Morgan fingerprint density at radius 3 is 2.64 bits per heavy atom. The number of nitrogens with zero attached hydrogens (tertiary/aromatic N) is 1. The minimum atomic E-state index is 0.103. The number of fused-ring (bicyclic) bond motifs is 3. The third-order valence-electron chi connectivity index (χ3n) is 9.34. The van der Waals surface area contributed by atoms with Gasteiger partial charge in [-0.25, -0.2) is 0 Å². The van der Waals surface area contributed by atoms with Crippen molar-refractivity contribution in [3.63, 3.8) is 0 Å². The Hall–Kier alpha value is -1.35. The molecule has 0 radical (unpaired) electrons. The van der Waals surface area contributed by atoms with Gasteiger partial charge in [0.05, 0.1) is 0 Å². The van der Waals surface area contributed by atoms with E-state index >= 15 is 0 Å². The van der Waals surface area contributed by atoms with Crippen LogP contribution >= 0.6 is 11.8 Å². The fraction of sp³-hybridized carbons (Fsp3) is 0.667. The molecule has 182 valence electrons. The summed E-state index contributed by atoms with van der Waals surface area (Å²) >= 11 is 1.96. The minimum absolute atomic E-state index is 0.103. The molecule has 3 fully saturated rings. The molecule has 0 aromatic carbocycles. The summed E-state index contributed by atoms with van der Waals surface area (Å²) in [6, 6.07) is 6.08. The fourth-order valence-electron chi connectivity index (χ4n) is 7.32. The first-order chi connectivity index (χ1) is 15.9. The van der Waals surface area contributed by atoms with Gasteiger partial charge in [-0.05, 0) is 111 Å². The summed E-state index contributed by atoms with van der Waals surface area (Å²) in [6.45, 7) is 11.7. The molecule has 0 spiro atoms. The van der Waals surface area contributed by atoms with Gasteiger partial charge in [-0.2, -0.15) is 11.8 Å². The molecule has 3 aliphatic carbocycles. The lowest BCUT2D eigenvalue weighted by Crippen LogP contribution is -2.48. The van der Waals surface area contributed by atoms with Crippen molar-refractivity contribution >= 4 is 18.0 Å². The van der Waals surface area contributed by atoms with E-state index in [1.54, 1.807) is 0 Å². The number of thioether (sulfide) groups is 1. The quantitative estimate of drug-likeness (QED) is 0.184. The largest absolute Gasteiger partial charge is 0.299 e. The van der Waals surface area contributed by atoms with Crippen LogP contribution in [0.5, 0.6) is 0 Å². The molecular weight excluding hydrogens is 422 g/mol. The first kappa shape index (κ1) is 26.3. The molecule has 1 heterocycles. The van der Waals surface area contributed by atoms with Crippen molar-refractivity contribution < 1.29 is 4.79 Å². The van der Waals surface area contributed by atoms with Crippen LogP contribution in [0.1, 0.15) is 78.8 Å². The normalized spacial score (nSPS) is 36.7. The highest BCUT2D eigenvalue weighted by Gasteiger charge is 2.56. The van der Waals surface area contributed by atoms with E-state index in [0.717, 1.165) is 42.8 Å². The zero-order chi connectivity index (χ0) is 23.9. The molecule has 1 aromatic rings. The highest BCUT2D eigenvalue weighted by Crippen LogP contribution is 2.65. The molecule has 0 amide bonds. The smallest absolute Gasteiger partial charge is 0.142 e. The molecule has 4 rings (SSSR count). The SMILES string of the molecule is C/C=C\C1(C)/C(=C\C=O)CCC2C1CCC1(C)C(C)CCC21.CCSCCc1ccccn1. The Kier molecular flexibility index (Phi) is 9.44. The molecule has 6 unspecified atom stereocenters. The Labute approximate surface area is 207 Å². The van der Waals surface area contributed by atoms with Gasteiger partial charge in [0.2, 0.25) is 0 Å². The Morgan fingerprint density at radius 1 is 1.15 bits per heavy atom. The maximum Gasteiger partial charge on any atom is 0.142 e. The summed E-state index contributed by atoms with van der Waals surface area (Å²) in [6.07, 6.45) is 18.4. The van der Waals surface area contributed by atoms with Gasteiger partial charge in [-0.15, -0.1) is 0 Å². The van der Waals surface area contributed by atoms with Crippen molar-refractivity contribution in [2.75, 3.05) is 11.5 Å². The third-order valence-corrected chi connectivity index (χ3v) is 10.2. The summed E-state index contributed by atoms with van der Waals surface area (Å²) in [4.78, 5) is 15.3. The van der Waals surface area contributed by atoms with Crippen LogP contribution in [0, 0.1) is 34.5 Å². The minimum Gasteiger partial charge on any atom is -0.299 e. The monoisotopic (exact) mass is 467 g/mol. The maximum absolute atomic E-state index is 11.1. The number of hydrogen-bond donors (Lipinski definition) is 0. The number of hydrogen-bond acceptors (Lipinski definition) is 3. The van der Waals surface area contributed by atoms with E-state index in [2.05, 4.69) is 57.8 Å². The zero-order valence-corrected chi connectivity index (χ0v) is 22.4. The number of allylic oxidation sites excluding steroid dienone is 4. The molecule has 2 nitrogen and oxygen atoms in total. The average molecular weight is 468 g/mol. The van der Waals surface area contributed by atoms with Crippen LogP contribution < -0.4 is 0 Å². The molecule has 0 bridgehead atoms. The average Bonchev–Trinajstić information content (AvgIpc) is 3.12. The molecule has 0 saturated heterocycles. The van der Waals surface area contributed by atoms with Crippen molar-refractivity contribution in [1.82, 2.24) is 4.98 Å². The molecule has 3 heteroatoms. The number of pyridine rings is 1. The number of rotatable bonds is 6. The van der Waals surface area contributed by atoms with Gasteiger partial charge in [0, 0.05) is 17.3 Å². The van der Waals surface area contributed by atoms with Gasteiger partial charge in [0.25, 0.3) is 0 Å². The second-order valence-corrected chi connectivity index (χ2v) is 12.2. The van der Waals surface area contributed by atoms with E-state index < -0.39 is 0 Å². The van der Waals surface area contributed by atoms with E-state index in [-0.39, 0.29) is 5.41 Å². The summed E-state index contributed by atoms with van der Waals surface area (Å²) in [5.74, 6) is 5.77. The molecule has 3 aliphatic rings. The van der Waals surface area contributed by atoms with Gasteiger partial charge < -0.3 is 0 Å². The van der Waals surface area contributed by atoms with E-state index in [0.29, 0.717) is 5.41 Å². The van der Waals surface area contributed by atoms with Crippen molar-refractivity contribution in [1.29, 1.82) is 0 Å². The standard InChI is InChI=1S/C21H32O.C9H13NS/c1-5-12-21(4)16(11-14-22)7-8-17-18-9-6-15(2)20(18,3)13-10-19(17)21;1-2-11-8-6-9-5-3-4-7-10-9/h5,11-12,14-15,17-19H,6-10,13H2,1-4H3;3-5,7H,2,6,8H2,1H3/b12-5-,16-11-;. The molecule has 3 saturated carbocycles. The lowest BCUT2D eigenvalue weighted by Gasteiger charge is -2.56. The number of aryl methyl sites for hydroxylation is 1. The van der Waals surface area contributed by atoms with E-state index in [1.807, 2.05) is 36.2 Å². The third kappa shape index (κ3) is 5.66. The van der Waals surface area contributed by atoms with Crippen molar-refractivity contribution in [2.45, 2.75) is 79.6 Å². The Balaban J connectivity index is 0.000000235. The number of carbonyl (C=O) groups is 1. The Morgan fingerprint density at radius 2 is 1.97 bits per heavy atom. The van der Waals surface area contributed by atoms with E-state index in [4.69, 9.17) is 0 Å². The van der Waals surface area contributed by atoms with Crippen molar-refractivity contribution in [3.8, 4) is 0 Å². The molecule has 6 atom stereocenters.